The molecule has 1 aliphatic heterocycles. The average Bonchev–Trinajstić information content (AvgIpc) is 3.00. The third-order valence-electron chi connectivity index (χ3n) is 4.46. The van der Waals surface area contributed by atoms with E-state index < -0.39 is 0 Å². The lowest BCUT2D eigenvalue weighted by molar-refractivity contribution is 0.335. The molecule has 1 unspecified atom stereocenters. The Balaban J connectivity index is 1.60. The van der Waals surface area contributed by atoms with Crippen molar-refractivity contribution in [1.82, 2.24) is 15.5 Å². The maximum atomic E-state index is 5.49. The predicted molar refractivity (Wildman–Crippen MR) is 71.1 cm³/mol. The minimum Gasteiger partial charge on any atom is -0.339 e. The summed E-state index contributed by atoms with van der Waals surface area (Å²) in [5.41, 5.74) is 2.77. The summed E-state index contributed by atoms with van der Waals surface area (Å²) in [5, 5.41) is 7.58. The van der Waals surface area contributed by atoms with Crippen molar-refractivity contribution in [2.24, 2.45) is 5.92 Å². The van der Waals surface area contributed by atoms with Crippen molar-refractivity contribution in [1.29, 1.82) is 0 Å². The van der Waals surface area contributed by atoms with E-state index in [0.29, 0.717) is 17.8 Å². The Morgan fingerprint density at radius 2 is 2.16 bits per heavy atom. The van der Waals surface area contributed by atoms with E-state index in [-0.39, 0.29) is 0 Å². The number of aromatic nitrogens is 2. The van der Waals surface area contributed by atoms with Crippen molar-refractivity contribution in [3.8, 4) is 0 Å². The second-order valence-corrected chi connectivity index (χ2v) is 5.69. The Morgan fingerprint density at radius 1 is 1.26 bits per heavy atom. The summed E-state index contributed by atoms with van der Waals surface area (Å²) < 4.78 is 5.49. The zero-order valence-corrected chi connectivity index (χ0v) is 11.0. The largest absolute Gasteiger partial charge is 0.339 e. The van der Waals surface area contributed by atoms with Gasteiger partial charge in [-0.2, -0.15) is 4.98 Å². The molecule has 4 nitrogen and oxygen atoms in total. The van der Waals surface area contributed by atoms with Gasteiger partial charge in [-0.3, -0.25) is 0 Å². The number of nitrogens with one attached hydrogen (secondary N) is 1. The lowest BCUT2D eigenvalue weighted by Gasteiger charge is -2.27. The molecule has 2 aromatic rings. The molecule has 0 spiro atoms. The van der Waals surface area contributed by atoms with E-state index in [1.54, 1.807) is 0 Å². The summed E-state index contributed by atoms with van der Waals surface area (Å²) in [5.74, 6) is 2.93. The first-order chi connectivity index (χ1) is 9.33. The normalized spacial score (nSPS) is 29.0. The molecule has 1 aromatic heterocycles. The molecule has 0 saturated carbocycles. The van der Waals surface area contributed by atoms with Crippen LogP contribution in [-0.2, 0) is 6.42 Å². The van der Waals surface area contributed by atoms with Gasteiger partial charge in [-0.1, -0.05) is 36.3 Å². The van der Waals surface area contributed by atoms with Gasteiger partial charge in [0.1, 0.15) is 0 Å². The monoisotopic (exact) mass is 255 g/mol. The van der Waals surface area contributed by atoms with Crippen molar-refractivity contribution in [2.75, 3.05) is 13.1 Å². The van der Waals surface area contributed by atoms with Crippen LogP contribution in [0.2, 0.25) is 0 Å². The van der Waals surface area contributed by atoms with Gasteiger partial charge >= 0.3 is 0 Å². The van der Waals surface area contributed by atoms with Gasteiger partial charge in [0.05, 0.1) is 11.8 Å². The molecule has 98 valence electrons. The Bertz CT molecular complexity index is 607. The lowest BCUT2D eigenvalue weighted by Crippen LogP contribution is -2.19. The van der Waals surface area contributed by atoms with Crippen molar-refractivity contribution >= 4 is 0 Å². The quantitative estimate of drug-likeness (QED) is 0.892. The Hall–Kier alpha value is -1.68. The van der Waals surface area contributed by atoms with E-state index in [1.165, 1.54) is 11.1 Å². The summed E-state index contributed by atoms with van der Waals surface area (Å²) in [7, 11) is 0. The number of fused-ring (bicyclic) bond motifs is 1. The number of hydrogen-bond donors (Lipinski definition) is 1. The topological polar surface area (TPSA) is 51.0 Å². The first-order valence-electron chi connectivity index (χ1n) is 6.95. The van der Waals surface area contributed by atoms with Gasteiger partial charge in [0.2, 0.25) is 5.89 Å². The average molecular weight is 255 g/mol. The van der Waals surface area contributed by atoms with Crippen LogP contribution in [0.3, 0.4) is 0 Å². The van der Waals surface area contributed by atoms with Gasteiger partial charge in [0.15, 0.2) is 5.82 Å². The molecule has 1 saturated heterocycles. The second-order valence-electron chi connectivity index (χ2n) is 5.69. The van der Waals surface area contributed by atoms with Crippen molar-refractivity contribution < 1.29 is 4.52 Å². The van der Waals surface area contributed by atoms with Crippen LogP contribution < -0.4 is 5.32 Å². The van der Waals surface area contributed by atoms with Crippen LogP contribution in [-0.4, -0.2) is 23.2 Å². The van der Waals surface area contributed by atoms with E-state index in [4.69, 9.17) is 4.52 Å². The number of benzene rings is 1. The highest BCUT2D eigenvalue weighted by Gasteiger charge is 2.34. The van der Waals surface area contributed by atoms with Crippen LogP contribution in [0.25, 0.3) is 0 Å². The molecule has 2 aliphatic rings. The van der Waals surface area contributed by atoms with Crippen LogP contribution in [0.4, 0.5) is 0 Å². The highest BCUT2D eigenvalue weighted by atomic mass is 16.5. The highest BCUT2D eigenvalue weighted by molar-refractivity contribution is 5.43. The third kappa shape index (κ3) is 1.70. The van der Waals surface area contributed by atoms with Crippen molar-refractivity contribution in [3.05, 3.63) is 47.1 Å². The molecule has 0 bridgehead atoms. The minimum atomic E-state index is 0.332. The van der Waals surface area contributed by atoms with E-state index in [1.807, 2.05) is 0 Å². The van der Waals surface area contributed by atoms with Crippen LogP contribution in [0.5, 0.6) is 0 Å². The number of nitrogens with zero attached hydrogens (tertiary/aromatic N) is 2. The van der Waals surface area contributed by atoms with E-state index in [2.05, 4.69) is 46.6 Å². The van der Waals surface area contributed by atoms with Gasteiger partial charge in [0, 0.05) is 6.54 Å². The first kappa shape index (κ1) is 11.2. The summed E-state index contributed by atoms with van der Waals surface area (Å²) >= 11 is 0. The van der Waals surface area contributed by atoms with Gasteiger partial charge < -0.3 is 9.84 Å². The summed E-state index contributed by atoms with van der Waals surface area (Å²) in [6, 6.07) is 8.51. The fraction of sp³-hybridized carbons (Fsp3) is 0.467. The molecule has 1 N–H and O–H groups in total. The van der Waals surface area contributed by atoms with Crippen LogP contribution >= 0.6 is 0 Å². The molecule has 0 radical (unpaired) electrons. The van der Waals surface area contributed by atoms with Crippen molar-refractivity contribution in [3.63, 3.8) is 0 Å². The molecular weight excluding hydrogens is 238 g/mol. The lowest BCUT2D eigenvalue weighted by atomic mass is 9.77. The van der Waals surface area contributed by atoms with E-state index >= 15 is 0 Å². The Labute approximate surface area is 112 Å². The van der Waals surface area contributed by atoms with Crippen molar-refractivity contribution in [2.45, 2.75) is 25.2 Å². The fourth-order valence-corrected chi connectivity index (χ4v) is 3.17. The SMILES string of the molecule is C[C@@H]1CNC[C@H]1c1nc(C2Cc3ccccc32)no1. The molecule has 1 aliphatic carbocycles. The number of rotatable bonds is 2. The van der Waals surface area contributed by atoms with Crippen LogP contribution in [0.1, 0.15) is 41.6 Å². The molecule has 4 heteroatoms. The molecule has 1 fully saturated rings. The standard InChI is InChI=1S/C15H17N3O/c1-9-7-16-8-13(9)15-17-14(18-19-15)12-6-10-4-2-3-5-11(10)12/h2-5,9,12-13,16H,6-8H2,1H3/t9-,12?,13-/m1/s1. The predicted octanol–water partition coefficient (Wildman–Crippen LogP) is 2.08. The molecule has 0 amide bonds. The smallest absolute Gasteiger partial charge is 0.231 e. The number of hydrogen-bond acceptors (Lipinski definition) is 4. The third-order valence-corrected chi connectivity index (χ3v) is 4.46. The van der Waals surface area contributed by atoms with Gasteiger partial charge in [-0.25, -0.2) is 0 Å². The summed E-state index contributed by atoms with van der Waals surface area (Å²) in [4.78, 5) is 4.65. The summed E-state index contributed by atoms with van der Waals surface area (Å²) in [6.45, 7) is 4.21. The van der Waals surface area contributed by atoms with Gasteiger partial charge in [-0.05, 0) is 30.0 Å². The Morgan fingerprint density at radius 3 is 2.95 bits per heavy atom. The Kier molecular flexibility index (Phi) is 2.45. The van der Waals surface area contributed by atoms with E-state index in [0.717, 1.165) is 31.2 Å². The van der Waals surface area contributed by atoms with E-state index in [9.17, 15) is 0 Å². The highest BCUT2D eigenvalue weighted by Crippen LogP contribution is 2.39. The van der Waals surface area contributed by atoms with Crippen LogP contribution in [0.15, 0.2) is 28.8 Å². The van der Waals surface area contributed by atoms with Gasteiger partial charge in [0.25, 0.3) is 0 Å². The summed E-state index contributed by atoms with van der Waals surface area (Å²) in [6.07, 6.45) is 1.04. The minimum absolute atomic E-state index is 0.332. The molecule has 4 rings (SSSR count). The molecule has 3 atom stereocenters. The zero-order valence-electron chi connectivity index (χ0n) is 11.0. The maximum absolute atomic E-state index is 5.49. The molecule has 1 aromatic carbocycles. The molecular formula is C15H17N3O. The zero-order chi connectivity index (χ0) is 12.8. The van der Waals surface area contributed by atoms with Crippen LogP contribution in [0, 0.1) is 5.92 Å². The molecule has 19 heavy (non-hydrogen) atoms. The van der Waals surface area contributed by atoms with Gasteiger partial charge in [-0.15, -0.1) is 0 Å². The fourth-order valence-electron chi connectivity index (χ4n) is 3.17. The molecule has 2 heterocycles. The first-order valence-corrected chi connectivity index (χ1v) is 6.95. The second kappa shape index (κ2) is 4.17. The maximum Gasteiger partial charge on any atom is 0.231 e.